The Balaban J connectivity index is 2.08. The molecule has 1 saturated heterocycles. The summed E-state index contributed by atoms with van der Waals surface area (Å²) in [6.45, 7) is 4.14. The van der Waals surface area contributed by atoms with E-state index in [2.05, 4.69) is 26.6 Å². The van der Waals surface area contributed by atoms with E-state index in [0.29, 0.717) is 5.15 Å². The fourth-order valence-corrected chi connectivity index (χ4v) is 3.08. The van der Waals surface area contributed by atoms with E-state index in [1.807, 2.05) is 25.1 Å². The summed E-state index contributed by atoms with van der Waals surface area (Å²) in [6.07, 6.45) is 3.78. The molecule has 0 unspecified atom stereocenters. The van der Waals surface area contributed by atoms with Crippen molar-refractivity contribution in [3.63, 3.8) is 0 Å². The van der Waals surface area contributed by atoms with Crippen molar-refractivity contribution in [3.05, 3.63) is 41.3 Å². The Morgan fingerprint density at radius 1 is 1.05 bits per heavy atom. The van der Waals surface area contributed by atoms with Crippen molar-refractivity contribution in [2.24, 2.45) is 0 Å². The SMILES string of the molecule is Cc1nc(Cl)c(N2CCCCC2)n1-c1ccccc1. The Morgan fingerprint density at radius 3 is 2.42 bits per heavy atom. The summed E-state index contributed by atoms with van der Waals surface area (Å²) in [6, 6.07) is 10.3. The van der Waals surface area contributed by atoms with Gasteiger partial charge >= 0.3 is 0 Å². The molecule has 0 radical (unpaired) electrons. The second-order valence-corrected chi connectivity index (χ2v) is 5.35. The van der Waals surface area contributed by atoms with Crippen molar-refractivity contribution in [1.29, 1.82) is 0 Å². The molecular formula is C15H18ClN3. The lowest BCUT2D eigenvalue weighted by molar-refractivity contribution is 0.570. The minimum absolute atomic E-state index is 0.614. The molecular weight excluding hydrogens is 258 g/mol. The molecule has 1 fully saturated rings. The summed E-state index contributed by atoms with van der Waals surface area (Å²) in [5.41, 5.74) is 1.12. The third-order valence-corrected chi connectivity index (χ3v) is 3.90. The summed E-state index contributed by atoms with van der Waals surface area (Å²) in [5.74, 6) is 1.99. The number of nitrogens with zero attached hydrogens (tertiary/aromatic N) is 3. The number of para-hydroxylation sites is 1. The van der Waals surface area contributed by atoms with E-state index in [0.717, 1.165) is 30.4 Å². The average Bonchev–Trinajstić information content (AvgIpc) is 2.75. The second-order valence-electron chi connectivity index (χ2n) is 4.99. The van der Waals surface area contributed by atoms with Crippen LogP contribution in [0.1, 0.15) is 25.1 Å². The molecule has 3 nitrogen and oxygen atoms in total. The molecule has 0 saturated carbocycles. The van der Waals surface area contributed by atoms with Gasteiger partial charge in [0.25, 0.3) is 0 Å². The van der Waals surface area contributed by atoms with Crippen molar-refractivity contribution in [3.8, 4) is 5.69 Å². The lowest BCUT2D eigenvalue weighted by Crippen LogP contribution is -2.31. The zero-order chi connectivity index (χ0) is 13.2. The van der Waals surface area contributed by atoms with Crippen LogP contribution in [0, 0.1) is 6.92 Å². The molecule has 0 bridgehead atoms. The first kappa shape index (κ1) is 12.5. The molecule has 0 spiro atoms. The van der Waals surface area contributed by atoms with Gasteiger partial charge in [0.05, 0.1) is 0 Å². The van der Waals surface area contributed by atoms with Gasteiger partial charge in [0, 0.05) is 18.8 Å². The number of aromatic nitrogens is 2. The van der Waals surface area contributed by atoms with Gasteiger partial charge in [-0.3, -0.25) is 4.57 Å². The molecule has 2 aromatic rings. The van der Waals surface area contributed by atoms with Gasteiger partial charge in [-0.2, -0.15) is 0 Å². The van der Waals surface area contributed by atoms with Crippen molar-refractivity contribution < 1.29 is 0 Å². The molecule has 1 aromatic heterocycles. The van der Waals surface area contributed by atoms with Crippen LogP contribution in [0.25, 0.3) is 5.69 Å². The van der Waals surface area contributed by atoms with Gasteiger partial charge in [-0.1, -0.05) is 29.8 Å². The first-order chi connectivity index (χ1) is 9.27. The van der Waals surface area contributed by atoms with Gasteiger partial charge in [-0.15, -0.1) is 0 Å². The Morgan fingerprint density at radius 2 is 1.74 bits per heavy atom. The summed E-state index contributed by atoms with van der Waals surface area (Å²) < 4.78 is 2.16. The highest BCUT2D eigenvalue weighted by atomic mass is 35.5. The van der Waals surface area contributed by atoms with Crippen molar-refractivity contribution in [1.82, 2.24) is 9.55 Å². The molecule has 0 N–H and O–H groups in total. The number of halogens is 1. The predicted octanol–water partition coefficient (Wildman–Crippen LogP) is 3.82. The summed E-state index contributed by atoms with van der Waals surface area (Å²) in [7, 11) is 0. The molecule has 0 atom stereocenters. The van der Waals surface area contributed by atoms with E-state index < -0.39 is 0 Å². The van der Waals surface area contributed by atoms with Crippen molar-refractivity contribution in [2.45, 2.75) is 26.2 Å². The number of benzene rings is 1. The minimum Gasteiger partial charge on any atom is -0.355 e. The lowest BCUT2D eigenvalue weighted by atomic mass is 10.1. The van der Waals surface area contributed by atoms with Crippen LogP contribution in [0.5, 0.6) is 0 Å². The Kier molecular flexibility index (Phi) is 3.47. The van der Waals surface area contributed by atoms with E-state index in [9.17, 15) is 0 Å². The quantitative estimate of drug-likeness (QED) is 0.831. The largest absolute Gasteiger partial charge is 0.355 e. The fraction of sp³-hybridized carbons (Fsp3) is 0.400. The Labute approximate surface area is 118 Å². The number of hydrogen-bond acceptors (Lipinski definition) is 2. The predicted molar refractivity (Wildman–Crippen MR) is 79.4 cm³/mol. The van der Waals surface area contributed by atoms with Crippen LogP contribution in [0.2, 0.25) is 5.15 Å². The van der Waals surface area contributed by atoms with E-state index in [4.69, 9.17) is 11.6 Å². The molecule has 1 aromatic carbocycles. The maximum absolute atomic E-state index is 6.36. The van der Waals surface area contributed by atoms with E-state index in [1.165, 1.54) is 19.3 Å². The molecule has 1 aliphatic rings. The first-order valence-corrected chi connectivity index (χ1v) is 7.20. The van der Waals surface area contributed by atoms with Gasteiger partial charge < -0.3 is 4.90 Å². The molecule has 0 amide bonds. The molecule has 2 heterocycles. The number of imidazole rings is 1. The van der Waals surface area contributed by atoms with E-state index in [1.54, 1.807) is 0 Å². The highest BCUT2D eigenvalue weighted by molar-refractivity contribution is 6.32. The number of piperidine rings is 1. The number of anilines is 1. The monoisotopic (exact) mass is 275 g/mol. The highest BCUT2D eigenvalue weighted by Gasteiger charge is 2.21. The average molecular weight is 276 g/mol. The molecule has 19 heavy (non-hydrogen) atoms. The molecule has 1 aliphatic heterocycles. The number of hydrogen-bond donors (Lipinski definition) is 0. The second kappa shape index (κ2) is 5.25. The van der Waals surface area contributed by atoms with E-state index >= 15 is 0 Å². The standard InChI is InChI=1S/C15H18ClN3/c1-12-17-14(16)15(18-10-6-3-7-11-18)19(12)13-8-4-2-5-9-13/h2,4-5,8-9H,3,6-7,10-11H2,1H3. The van der Waals surface area contributed by atoms with Crippen LogP contribution < -0.4 is 4.90 Å². The first-order valence-electron chi connectivity index (χ1n) is 6.82. The van der Waals surface area contributed by atoms with Gasteiger partial charge in [-0.05, 0) is 38.3 Å². The van der Waals surface area contributed by atoms with Crippen LogP contribution in [0.15, 0.2) is 30.3 Å². The number of rotatable bonds is 2. The number of aryl methyl sites for hydroxylation is 1. The van der Waals surface area contributed by atoms with Crippen molar-refractivity contribution >= 4 is 17.4 Å². The Hall–Kier alpha value is -1.48. The molecule has 3 rings (SSSR count). The summed E-state index contributed by atoms with van der Waals surface area (Å²) in [5, 5.41) is 0.614. The molecule has 4 heteroatoms. The van der Waals surface area contributed by atoms with Gasteiger partial charge in [0.2, 0.25) is 0 Å². The van der Waals surface area contributed by atoms with Crippen LogP contribution in [0.4, 0.5) is 5.82 Å². The highest BCUT2D eigenvalue weighted by Crippen LogP contribution is 2.31. The maximum Gasteiger partial charge on any atom is 0.172 e. The zero-order valence-corrected chi connectivity index (χ0v) is 11.9. The van der Waals surface area contributed by atoms with Crippen LogP contribution in [0.3, 0.4) is 0 Å². The fourth-order valence-electron chi connectivity index (χ4n) is 2.75. The van der Waals surface area contributed by atoms with Gasteiger partial charge in [-0.25, -0.2) is 4.98 Å². The van der Waals surface area contributed by atoms with Crippen LogP contribution in [-0.4, -0.2) is 22.6 Å². The topological polar surface area (TPSA) is 21.1 Å². The molecule has 0 aliphatic carbocycles. The Bertz CT molecular complexity index is 556. The van der Waals surface area contributed by atoms with Crippen LogP contribution >= 0.6 is 11.6 Å². The van der Waals surface area contributed by atoms with E-state index in [-0.39, 0.29) is 0 Å². The van der Waals surface area contributed by atoms with Crippen LogP contribution in [-0.2, 0) is 0 Å². The lowest BCUT2D eigenvalue weighted by Gasteiger charge is -2.29. The zero-order valence-electron chi connectivity index (χ0n) is 11.1. The van der Waals surface area contributed by atoms with Crippen molar-refractivity contribution in [2.75, 3.05) is 18.0 Å². The third kappa shape index (κ3) is 2.35. The summed E-state index contributed by atoms with van der Waals surface area (Å²) >= 11 is 6.36. The summed E-state index contributed by atoms with van der Waals surface area (Å²) in [4.78, 5) is 6.81. The maximum atomic E-state index is 6.36. The van der Waals surface area contributed by atoms with Gasteiger partial charge in [0.1, 0.15) is 5.82 Å². The minimum atomic E-state index is 0.614. The van der Waals surface area contributed by atoms with Gasteiger partial charge in [0.15, 0.2) is 11.0 Å². The molecule has 100 valence electrons. The third-order valence-electron chi connectivity index (χ3n) is 3.65. The smallest absolute Gasteiger partial charge is 0.172 e. The normalized spacial score (nSPS) is 15.8.